The Hall–Kier alpha value is -2.56. The van der Waals surface area contributed by atoms with E-state index in [1.165, 1.54) is 18.2 Å². The molecule has 3 N–H and O–H groups in total. The Labute approximate surface area is 116 Å². The smallest absolute Gasteiger partial charge is 0.262 e. The van der Waals surface area contributed by atoms with E-state index >= 15 is 0 Å². The number of halogens is 1. The molecule has 0 saturated carbocycles. The molecule has 0 aromatic heterocycles. The number of amides is 1. The number of carbonyl (C=O) groups excluding carboxylic acids is 1. The van der Waals surface area contributed by atoms with Gasteiger partial charge in [-0.1, -0.05) is 12.1 Å². The van der Waals surface area contributed by atoms with Gasteiger partial charge in [0.1, 0.15) is 11.6 Å². The molecule has 0 aliphatic rings. The molecule has 0 fully saturated rings. The second-order valence-electron chi connectivity index (χ2n) is 4.37. The van der Waals surface area contributed by atoms with E-state index in [-0.39, 0.29) is 12.5 Å². The van der Waals surface area contributed by atoms with Gasteiger partial charge in [-0.2, -0.15) is 0 Å². The first-order valence-corrected chi connectivity index (χ1v) is 6.09. The lowest BCUT2D eigenvalue weighted by Gasteiger charge is -2.10. The lowest BCUT2D eigenvalue weighted by Crippen LogP contribution is -2.20. The highest BCUT2D eigenvalue weighted by atomic mass is 19.1. The van der Waals surface area contributed by atoms with Gasteiger partial charge in [-0.15, -0.1) is 0 Å². The fourth-order valence-electron chi connectivity index (χ4n) is 1.68. The van der Waals surface area contributed by atoms with Crippen molar-refractivity contribution in [2.24, 2.45) is 0 Å². The summed E-state index contributed by atoms with van der Waals surface area (Å²) in [5.74, 6) is -0.216. The van der Waals surface area contributed by atoms with E-state index < -0.39 is 5.82 Å². The molecule has 0 atom stereocenters. The van der Waals surface area contributed by atoms with Crippen molar-refractivity contribution in [1.82, 2.24) is 0 Å². The first-order valence-electron chi connectivity index (χ1n) is 6.09. The number of ether oxygens (including phenoxy) is 1. The second-order valence-corrected chi connectivity index (χ2v) is 4.37. The summed E-state index contributed by atoms with van der Waals surface area (Å²) in [4.78, 5) is 11.7. The minimum Gasteiger partial charge on any atom is -0.483 e. The maximum absolute atomic E-state index is 13.0. The monoisotopic (exact) mass is 274 g/mol. The van der Waals surface area contributed by atoms with Crippen molar-refractivity contribution in [1.29, 1.82) is 0 Å². The SMILES string of the molecule is Cc1ccc(N)cc1OCC(=O)Nc1cccc(F)c1. The minimum absolute atomic E-state index is 0.166. The molecule has 4 nitrogen and oxygen atoms in total. The third-order valence-electron chi connectivity index (χ3n) is 2.68. The Bertz CT molecular complexity index is 629. The van der Waals surface area contributed by atoms with Gasteiger partial charge < -0.3 is 15.8 Å². The quantitative estimate of drug-likeness (QED) is 0.842. The Kier molecular flexibility index (Phi) is 4.20. The van der Waals surface area contributed by atoms with Gasteiger partial charge in [0.25, 0.3) is 5.91 Å². The van der Waals surface area contributed by atoms with Crippen LogP contribution in [0.1, 0.15) is 5.56 Å². The van der Waals surface area contributed by atoms with Gasteiger partial charge in [-0.25, -0.2) is 4.39 Å². The summed E-state index contributed by atoms with van der Waals surface area (Å²) in [7, 11) is 0. The number of rotatable bonds is 4. The fourth-order valence-corrected chi connectivity index (χ4v) is 1.68. The molecule has 2 aromatic carbocycles. The summed E-state index contributed by atoms with van der Waals surface area (Å²) < 4.78 is 18.4. The summed E-state index contributed by atoms with van der Waals surface area (Å²) in [6.45, 7) is 1.69. The predicted octanol–water partition coefficient (Wildman–Crippen LogP) is 2.73. The van der Waals surface area contributed by atoms with E-state index in [1.807, 2.05) is 13.0 Å². The van der Waals surface area contributed by atoms with Crippen LogP contribution in [-0.4, -0.2) is 12.5 Å². The van der Waals surface area contributed by atoms with Crippen LogP contribution >= 0.6 is 0 Å². The molecule has 5 heteroatoms. The van der Waals surface area contributed by atoms with E-state index in [0.29, 0.717) is 17.1 Å². The highest BCUT2D eigenvalue weighted by Gasteiger charge is 2.06. The van der Waals surface area contributed by atoms with Crippen LogP contribution in [0.15, 0.2) is 42.5 Å². The van der Waals surface area contributed by atoms with Gasteiger partial charge in [0.15, 0.2) is 6.61 Å². The highest BCUT2D eigenvalue weighted by molar-refractivity contribution is 5.91. The molecule has 104 valence electrons. The van der Waals surface area contributed by atoms with Crippen molar-refractivity contribution in [3.8, 4) is 5.75 Å². The van der Waals surface area contributed by atoms with Gasteiger partial charge in [-0.05, 0) is 36.8 Å². The third-order valence-corrected chi connectivity index (χ3v) is 2.68. The van der Waals surface area contributed by atoms with E-state index in [0.717, 1.165) is 5.56 Å². The molecule has 2 aromatic rings. The standard InChI is InChI=1S/C15H15FN2O2/c1-10-5-6-12(17)8-14(10)20-9-15(19)18-13-4-2-3-11(16)7-13/h2-8H,9,17H2,1H3,(H,18,19). The predicted molar refractivity (Wildman–Crippen MR) is 76.1 cm³/mol. The molecule has 1 amide bonds. The number of nitrogens with two attached hydrogens (primary N) is 1. The normalized spacial score (nSPS) is 10.1. The number of hydrogen-bond acceptors (Lipinski definition) is 3. The lowest BCUT2D eigenvalue weighted by molar-refractivity contribution is -0.118. The minimum atomic E-state index is -0.407. The van der Waals surface area contributed by atoms with Crippen molar-refractivity contribution >= 4 is 17.3 Å². The highest BCUT2D eigenvalue weighted by Crippen LogP contribution is 2.20. The van der Waals surface area contributed by atoms with Crippen molar-refractivity contribution in [2.75, 3.05) is 17.7 Å². The van der Waals surface area contributed by atoms with Crippen molar-refractivity contribution in [2.45, 2.75) is 6.92 Å². The fraction of sp³-hybridized carbons (Fsp3) is 0.133. The third kappa shape index (κ3) is 3.71. The van der Waals surface area contributed by atoms with Gasteiger partial charge >= 0.3 is 0 Å². The largest absolute Gasteiger partial charge is 0.483 e. The van der Waals surface area contributed by atoms with Gasteiger partial charge in [0.05, 0.1) is 0 Å². The Morgan fingerprint density at radius 3 is 2.85 bits per heavy atom. The number of benzene rings is 2. The first-order chi connectivity index (χ1) is 9.54. The molecule has 0 radical (unpaired) electrons. The molecule has 20 heavy (non-hydrogen) atoms. The van der Waals surface area contributed by atoms with Crippen molar-refractivity contribution in [3.63, 3.8) is 0 Å². The maximum atomic E-state index is 13.0. The number of carbonyl (C=O) groups is 1. The average Bonchev–Trinajstić information content (AvgIpc) is 2.40. The maximum Gasteiger partial charge on any atom is 0.262 e. The summed E-state index contributed by atoms with van der Waals surface area (Å²) >= 11 is 0. The Morgan fingerprint density at radius 2 is 2.10 bits per heavy atom. The number of hydrogen-bond donors (Lipinski definition) is 2. The number of nitrogen functional groups attached to an aromatic ring is 1. The first kappa shape index (κ1) is 13.9. The summed E-state index contributed by atoms with van der Waals surface area (Å²) in [6, 6.07) is 10.9. The van der Waals surface area contributed by atoms with E-state index in [9.17, 15) is 9.18 Å². The molecular formula is C15H15FN2O2. The summed E-state index contributed by atoms with van der Waals surface area (Å²) in [5, 5.41) is 2.55. The molecule has 0 saturated heterocycles. The van der Waals surface area contributed by atoms with Crippen LogP contribution in [0.5, 0.6) is 5.75 Å². The second kappa shape index (κ2) is 6.06. The van der Waals surface area contributed by atoms with E-state index in [1.54, 1.807) is 18.2 Å². The van der Waals surface area contributed by atoms with Crippen LogP contribution < -0.4 is 15.8 Å². The Morgan fingerprint density at radius 1 is 1.30 bits per heavy atom. The zero-order valence-electron chi connectivity index (χ0n) is 11.0. The van der Waals surface area contributed by atoms with Crippen LogP contribution in [0.25, 0.3) is 0 Å². The van der Waals surface area contributed by atoms with E-state index in [2.05, 4.69) is 5.32 Å². The van der Waals surface area contributed by atoms with Crippen molar-refractivity contribution < 1.29 is 13.9 Å². The zero-order chi connectivity index (χ0) is 14.5. The van der Waals surface area contributed by atoms with Gasteiger partial charge in [0.2, 0.25) is 0 Å². The molecule has 0 heterocycles. The molecule has 0 spiro atoms. The average molecular weight is 274 g/mol. The number of anilines is 2. The lowest BCUT2D eigenvalue weighted by atomic mass is 10.2. The zero-order valence-corrected chi connectivity index (χ0v) is 11.0. The van der Waals surface area contributed by atoms with E-state index in [4.69, 9.17) is 10.5 Å². The summed E-state index contributed by atoms with van der Waals surface area (Å²) in [6.07, 6.45) is 0. The van der Waals surface area contributed by atoms with Gasteiger partial charge in [-0.3, -0.25) is 4.79 Å². The summed E-state index contributed by atoms with van der Waals surface area (Å²) in [5.41, 5.74) is 7.50. The molecule has 0 aliphatic carbocycles. The van der Waals surface area contributed by atoms with Crippen LogP contribution in [-0.2, 0) is 4.79 Å². The topological polar surface area (TPSA) is 64.3 Å². The molecule has 0 unspecified atom stereocenters. The van der Waals surface area contributed by atoms with Crippen LogP contribution in [0.4, 0.5) is 15.8 Å². The molecule has 2 rings (SSSR count). The molecule has 0 aliphatic heterocycles. The number of nitrogens with one attached hydrogen (secondary N) is 1. The number of aryl methyl sites for hydroxylation is 1. The molecule has 0 bridgehead atoms. The van der Waals surface area contributed by atoms with Crippen LogP contribution in [0.3, 0.4) is 0 Å². The van der Waals surface area contributed by atoms with Crippen LogP contribution in [0.2, 0.25) is 0 Å². The van der Waals surface area contributed by atoms with Gasteiger partial charge in [0, 0.05) is 17.4 Å². The van der Waals surface area contributed by atoms with Crippen LogP contribution in [0, 0.1) is 12.7 Å². The van der Waals surface area contributed by atoms with Crippen molar-refractivity contribution in [3.05, 3.63) is 53.8 Å². The molecular weight excluding hydrogens is 259 g/mol. The Balaban J connectivity index is 1.94.